The Labute approximate surface area is 132 Å². The summed E-state index contributed by atoms with van der Waals surface area (Å²) in [6, 6.07) is 4.60. The Hall–Kier alpha value is -1.50. The number of halogens is 2. The minimum Gasteiger partial charge on any atom is -0.482 e. The normalized spacial score (nSPS) is 10.2. The number of rotatable bonds is 8. The summed E-state index contributed by atoms with van der Waals surface area (Å²) in [5.41, 5.74) is 0. The van der Waals surface area contributed by atoms with Crippen LogP contribution in [-0.4, -0.2) is 55.3 Å². The number of hydrogen-bond acceptors (Lipinski definition) is 4. The van der Waals surface area contributed by atoms with Crippen molar-refractivity contribution in [3.8, 4) is 5.75 Å². The van der Waals surface area contributed by atoms with E-state index >= 15 is 0 Å². The maximum Gasteiger partial charge on any atom is 0.323 e. The SMILES string of the molecule is COCCN(CC(=O)O)C(=O)COc1ccc(Cl)cc1Cl. The number of amides is 1. The largest absolute Gasteiger partial charge is 0.482 e. The quantitative estimate of drug-likeness (QED) is 0.785. The van der Waals surface area contributed by atoms with Gasteiger partial charge in [-0.25, -0.2) is 0 Å². The highest BCUT2D eigenvalue weighted by Crippen LogP contribution is 2.27. The van der Waals surface area contributed by atoms with Gasteiger partial charge in [0.2, 0.25) is 0 Å². The lowest BCUT2D eigenvalue weighted by Crippen LogP contribution is -2.40. The molecule has 0 fully saturated rings. The molecule has 1 N–H and O–H groups in total. The van der Waals surface area contributed by atoms with E-state index in [1.54, 1.807) is 6.07 Å². The van der Waals surface area contributed by atoms with Crippen LogP contribution in [0.15, 0.2) is 18.2 Å². The first kappa shape index (κ1) is 17.6. The summed E-state index contributed by atoms with van der Waals surface area (Å²) in [7, 11) is 1.47. The van der Waals surface area contributed by atoms with Gasteiger partial charge >= 0.3 is 5.97 Å². The van der Waals surface area contributed by atoms with E-state index in [0.29, 0.717) is 10.8 Å². The van der Waals surface area contributed by atoms with Crippen molar-refractivity contribution in [3.63, 3.8) is 0 Å². The van der Waals surface area contributed by atoms with Crippen LogP contribution in [-0.2, 0) is 14.3 Å². The van der Waals surface area contributed by atoms with Gasteiger partial charge < -0.3 is 19.5 Å². The molecule has 21 heavy (non-hydrogen) atoms. The smallest absolute Gasteiger partial charge is 0.323 e. The van der Waals surface area contributed by atoms with E-state index in [1.165, 1.54) is 19.2 Å². The average Bonchev–Trinajstić information content (AvgIpc) is 2.41. The van der Waals surface area contributed by atoms with E-state index in [1.807, 2.05) is 0 Å². The van der Waals surface area contributed by atoms with Crippen molar-refractivity contribution in [1.29, 1.82) is 0 Å². The van der Waals surface area contributed by atoms with Crippen LogP contribution in [0.1, 0.15) is 0 Å². The fraction of sp³-hybridized carbons (Fsp3) is 0.385. The molecule has 0 aliphatic rings. The summed E-state index contributed by atoms with van der Waals surface area (Å²) in [5, 5.41) is 9.51. The molecular weight excluding hydrogens is 321 g/mol. The summed E-state index contributed by atoms with van der Waals surface area (Å²) in [4.78, 5) is 23.8. The highest BCUT2D eigenvalue weighted by atomic mass is 35.5. The Balaban J connectivity index is 2.61. The van der Waals surface area contributed by atoms with Crippen LogP contribution in [0.5, 0.6) is 5.75 Å². The number of carboxylic acid groups (broad SMARTS) is 1. The van der Waals surface area contributed by atoms with Crippen molar-refractivity contribution in [2.24, 2.45) is 0 Å². The predicted octanol–water partition coefficient (Wildman–Crippen LogP) is 1.93. The summed E-state index contributed by atoms with van der Waals surface area (Å²) in [6.45, 7) is -0.335. The molecule has 0 aliphatic heterocycles. The fourth-order valence-corrected chi connectivity index (χ4v) is 1.94. The monoisotopic (exact) mass is 335 g/mol. The third-order valence-corrected chi connectivity index (χ3v) is 3.02. The number of benzene rings is 1. The molecule has 0 bridgehead atoms. The molecule has 1 rings (SSSR count). The third-order valence-electron chi connectivity index (χ3n) is 2.49. The summed E-state index contributed by atoms with van der Waals surface area (Å²) < 4.78 is 10.1. The first-order valence-corrected chi connectivity index (χ1v) is 6.76. The molecule has 0 saturated carbocycles. The van der Waals surface area contributed by atoms with E-state index in [4.69, 9.17) is 37.8 Å². The molecule has 0 atom stereocenters. The molecule has 0 aliphatic carbocycles. The van der Waals surface area contributed by atoms with Gasteiger partial charge in [-0.1, -0.05) is 23.2 Å². The zero-order chi connectivity index (χ0) is 15.8. The van der Waals surface area contributed by atoms with E-state index in [-0.39, 0.29) is 24.8 Å². The van der Waals surface area contributed by atoms with E-state index in [2.05, 4.69) is 0 Å². The second-order valence-electron chi connectivity index (χ2n) is 4.07. The van der Waals surface area contributed by atoms with E-state index in [9.17, 15) is 9.59 Å². The molecule has 6 nitrogen and oxygen atoms in total. The zero-order valence-electron chi connectivity index (χ0n) is 11.3. The molecule has 0 unspecified atom stereocenters. The second-order valence-corrected chi connectivity index (χ2v) is 4.91. The first-order valence-electron chi connectivity index (χ1n) is 6.00. The van der Waals surface area contributed by atoms with Crippen LogP contribution in [0.25, 0.3) is 0 Å². The number of ether oxygens (including phenoxy) is 2. The van der Waals surface area contributed by atoms with E-state index < -0.39 is 18.4 Å². The van der Waals surface area contributed by atoms with Gasteiger partial charge in [-0.3, -0.25) is 9.59 Å². The molecule has 1 aromatic rings. The van der Waals surface area contributed by atoms with Crippen molar-refractivity contribution in [2.75, 3.05) is 33.4 Å². The van der Waals surface area contributed by atoms with Gasteiger partial charge in [-0.2, -0.15) is 0 Å². The van der Waals surface area contributed by atoms with Crippen LogP contribution in [0.2, 0.25) is 10.0 Å². The van der Waals surface area contributed by atoms with Crippen LogP contribution in [0.4, 0.5) is 0 Å². The lowest BCUT2D eigenvalue weighted by molar-refractivity contribution is -0.145. The number of methoxy groups -OCH3 is 1. The summed E-state index contributed by atoms with van der Waals surface area (Å²) in [5.74, 6) is -1.28. The average molecular weight is 336 g/mol. The molecule has 0 heterocycles. The zero-order valence-corrected chi connectivity index (χ0v) is 12.9. The molecule has 0 aromatic heterocycles. The molecule has 8 heteroatoms. The van der Waals surface area contributed by atoms with Gasteiger partial charge in [0.15, 0.2) is 6.61 Å². The number of carbonyl (C=O) groups excluding carboxylic acids is 1. The number of aliphatic carboxylic acids is 1. The summed E-state index contributed by atoms with van der Waals surface area (Å²) >= 11 is 11.7. The number of carbonyl (C=O) groups is 2. The lowest BCUT2D eigenvalue weighted by Gasteiger charge is -2.20. The highest BCUT2D eigenvalue weighted by molar-refractivity contribution is 6.35. The second kappa shape index (κ2) is 8.71. The van der Waals surface area contributed by atoms with Crippen molar-refractivity contribution in [1.82, 2.24) is 4.90 Å². The van der Waals surface area contributed by atoms with Crippen molar-refractivity contribution >= 4 is 35.1 Å². The Kier molecular flexibility index (Phi) is 7.28. The molecule has 1 aromatic carbocycles. The van der Waals surface area contributed by atoms with Gasteiger partial charge in [-0.05, 0) is 18.2 Å². The van der Waals surface area contributed by atoms with Crippen LogP contribution < -0.4 is 4.74 Å². The fourth-order valence-electron chi connectivity index (χ4n) is 1.48. The molecule has 0 saturated heterocycles. The molecule has 1 amide bonds. The van der Waals surface area contributed by atoms with Crippen LogP contribution >= 0.6 is 23.2 Å². The topological polar surface area (TPSA) is 76.1 Å². The number of hydrogen-bond donors (Lipinski definition) is 1. The van der Waals surface area contributed by atoms with Gasteiger partial charge in [0.05, 0.1) is 11.6 Å². The van der Waals surface area contributed by atoms with E-state index in [0.717, 1.165) is 4.90 Å². The molecule has 116 valence electrons. The Morgan fingerprint density at radius 1 is 1.33 bits per heavy atom. The maximum absolute atomic E-state index is 11.9. The Morgan fingerprint density at radius 3 is 2.62 bits per heavy atom. The number of carboxylic acids is 1. The minimum atomic E-state index is -1.11. The lowest BCUT2D eigenvalue weighted by atomic mass is 10.3. The van der Waals surface area contributed by atoms with Gasteiger partial charge in [-0.15, -0.1) is 0 Å². The molecular formula is C13H15Cl2NO5. The maximum atomic E-state index is 11.9. The van der Waals surface area contributed by atoms with Crippen molar-refractivity contribution in [2.45, 2.75) is 0 Å². The van der Waals surface area contributed by atoms with Gasteiger partial charge in [0.25, 0.3) is 5.91 Å². The first-order chi connectivity index (χ1) is 9.93. The Bertz CT molecular complexity index is 509. The van der Waals surface area contributed by atoms with Gasteiger partial charge in [0.1, 0.15) is 12.3 Å². The van der Waals surface area contributed by atoms with Crippen molar-refractivity contribution < 1.29 is 24.2 Å². The van der Waals surface area contributed by atoms with Gasteiger partial charge in [0, 0.05) is 18.7 Å². The molecule has 0 spiro atoms. The third kappa shape index (κ3) is 6.20. The highest BCUT2D eigenvalue weighted by Gasteiger charge is 2.17. The van der Waals surface area contributed by atoms with Crippen LogP contribution in [0, 0.1) is 0 Å². The summed E-state index contributed by atoms with van der Waals surface area (Å²) in [6.07, 6.45) is 0. The standard InChI is InChI=1S/C13H15Cl2NO5/c1-20-5-4-16(7-13(18)19)12(17)8-21-11-3-2-9(14)6-10(11)15/h2-3,6H,4-5,7-8H2,1H3,(H,18,19). The predicted molar refractivity (Wildman–Crippen MR) is 78.0 cm³/mol. The number of nitrogens with zero attached hydrogens (tertiary/aromatic N) is 1. The van der Waals surface area contributed by atoms with Crippen LogP contribution in [0.3, 0.4) is 0 Å². The minimum absolute atomic E-state index is 0.166. The molecule has 0 radical (unpaired) electrons. The Morgan fingerprint density at radius 2 is 2.05 bits per heavy atom. The van der Waals surface area contributed by atoms with Crippen molar-refractivity contribution in [3.05, 3.63) is 28.2 Å².